The van der Waals surface area contributed by atoms with Crippen LogP contribution in [0.2, 0.25) is 0 Å². The summed E-state index contributed by atoms with van der Waals surface area (Å²) >= 11 is 4.90. The fraction of sp³-hybridized carbons (Fsp3) is 0.0588. The molecular weight excluding hydrogens is 376 g/mol. The highest BCUT2D eigenvalue weighted by Crippen LogP contribution is 2.28. The zero-order valence-electron chi connectivity index (χ0n) is 12.2. The zero-order chi connectivity index (χ0) is 16.2. The molecule has 1 heterocycles. The molecule has 0 aliphatic heterocycles. The molecule has 0 radical (unpaired) electrons. The summed E-state index contributed by atoms with van der Waals surface area (Å²) in [6.07, 6.45) is 1.70. The molecule has 0 aliphatic rings. The molecule has 3 aromatic rings. The molecule has 6 heteroatoms. The first-order chi connectivity index (χ1) is 11.2. The minimum atomic E-state index is 0.108. The van der Waals surface area contributed by atoms with E-state index in [0.29, 0.717) is 10.9 Å². The van der Waals surface area contributed by atoms with Crippen LogP contribution in [0.3, 0.4) is 0 Å². The monoisotopic (exact) mass is 388 g/mol. The van der Waals surface area contributed by atoms with Crippen LogP contribution in [0, 0.1) is 0 Å². The Bertz CT molecular complexity index is 844. The highest BCUT2D eigenvalue weighted by Gasteiger charge is 2.04. The van der Waals surface area contributed by atoms with E-state index in [2.05, 4.69) is 25.9 Å². The number of phenols is 1. The van der Waals surface area contributed by atoms with Gasteiger partial charge >= 0.3 is 0 Å². The number of aliphatic imine (C=N–C) groups is 1. The van der Waals surface area contributed by atoms with Gasteiger partial charge in [-0.3, -0.25) is 0 Å². The molecular formula is C17H13BrN2O2S. The number of benzene rings is 2. The quantitative estimate of drug-likeness (QED) is 0.637. The Balaban J connectivity index is 1.80. The number of phenolic OH excluding ortho intramolecular Hbond substituents is 1. The highest BCUT2D eigenvalue weighted by molar-refractivity contribution is 9.10. The summed E-state index contributed by atoms with van der Waals surface area (Å²) in [5, 5.41) is 12.2. The molecule has 4 nitrogen and oxygen atoms in total. The van der Waals surface area contributed by atoms with Crippen LogP contribution in [0.15, 0.2) is 57.3 Å². The van der Waals surface area contributed by atoms with Gasteiger partial charge in [-0.1, -0.05) is 28.1 Å². The Morgan fingerprint density at radius 1 is 1.22 bits per heavy atom. The smallest absolute Gasteiger partial charge is 0.209 e. The molecule has 2 aromatic carbocycles. The number of halogens is 1. The molecule has 0 spiro atoms. The maximum absolute atomic E-state index is 9.59. The Labute approximate surface area is 146 Å². The lowest BCUT2D eigenvalue weighted by molar-refractivity contribution is 0.373. The van der Waals surface area contributed by atoms with Crippen LogP contribution in [0.5, 0.6) is 11.5 Å². The van der Waals surface area contributed by atoms with E-state index in [1.165, 1.54) is 18.4 Å². The third-order valence-corrected chi connectivity index (χ3v) is 4.44. The average molecular weight is 389 g/mol. The first-order valence-corrected chi connectivity index (χ1v) is 8.45. The Morgan fingerprint density at radius 2 is 2.00 bits per heavy atom. The van der Waals surface area contributed by atoms with Crippen molar-refractivity contribution in [3.8, 4) is 22.8 Å². The van der Waals surface area contributed by atoms with Crippen molar-refractivity contribution < 1.29 is 9.84 Å². The lowest BCUT2D eigenvalue weighted by Gasteiger charge is -2.02. The van der Waals surface area contributed by atoms with Crippen molar-refractivity contribution in [1.29, 1.82) is 0 Å². The lowest BCUT2D eigenvalue weighted by Crippen LogP contribution is -1.86. The van der Waals surface area contributed by atoms with Gasteiger partial charge in [0.05, 0.1) is 12.8 Å². The summed E-state index contributed by atoms with van der Waals surface area (Å²) in [6.45, 7) is 0. The topological polar surface area (TPSA) is 54.7 Å². The van der Waals surface area contributed by atoms with Crippen LogP contribution >= 0.6 is 27.3 Å². The Morgan fingerprint density at radius 3 is 2.74 bits per heavy atom. The van der Waals surface area contributed by atoms with E-state index in [1.54, 1.807) is 24.4 Å². The largest absolute Gasteiger partial charge is 0.504 e. The number of nitrogens with zero attached hydrogens (tertiary/aromatic N) is 2. The first kappa shape index (κ1) is 15.7. The third kappa shape index (κ3) is 3.78. The van der Waals surface area contributed by atoms with Crippen molar-refractivity contribution >= 4 is 38.6 Å². The molecule has 0 aliphatic carbocycles. The van der Waals surface area contributed by atoms with E-state index in [4.69, 9.17) is 4.74 Å². The van der Waals surface area contributed by atoms with Crippen molar-refractivity contribution in [2.75, 3.05) is 7.11 Å². The first-order valence-electron chi connectivity index (χ1n) is 6.78. The number of rotatable bonds is 4. The van der Waals surface area contributed by atoms with Crippen LogP contribution in [-0.4, -0.2) is 23.4 Å². The number of aromatic hydroxyl groups is 1. The molecule has 0 amide bonds. The summed E-state index contributed by atoms with van der Waals surface area (Å²) in [6, 6.07) is 13.1. The summed E-state index contributed by atoms with van der Waals surface area (Å²) in [4.78, 5) is 8.89. The number of methoxy groups -OCH3 is 1. The molecule has 0 saturated carbocycles. The Hall–Kier alpha value is -2.18. The molecule has 0 atom stereocenters. The van der Waals surface area contributed by atoms with E-state index in [0.717, 1.165) is 21.3 Å². The molecule has 0 saturated heterocycles. The van der Waals surface area contributed by atoms with E-state index < -0.39 is 0 Å². The molecule has 1 aromatic heterocycles. The second kappa shape index (κ2) is 6.93. The van der Waals surface area contributed by atoms with Gasteiger partial charge in [0, 0.05) is 21.6 Å². The predicted molar refractivity (Wildman–Crippen MR) is 97.2 cm³/mol. The summed E-state index contributed by atoms with van der Waals surface area (Å²) in [5.74, 6) is 0.528. The maximum Gasteiger partial charge on any atom is 0.209 e. The summed E-state index contributed by atoms with van der Waals surface area (Å²) < 4.78 is 6.12. The van der Waals surface area contributed by atoms with Crippen LogP contribution in [0.1, 0.15) is 5.56 Å². The van der Waals surface area contributed by atoms with E-state index in [1.807, 2.05) is 29.6 Å². The van der Waals surface area contributed by atoms with Crippen molar-refractivity contribution in [2.24, 2.45) is 4.99 Å². The minimum absolute atomic E-state index is 0.108. The summed E-state index contributed by atoms with van der Waals surface area (Å²) in [7, 11) is 1.52. The number of ether oxygens (including phenoxy) is 1. The van der Waals surface area contributed by atoms with Gasteiger partial charge < -0.3 is 9.84 Å². The second-order valence-electron chi connectivity index (χ2n) is 4.71. The van der Waals surface area contributed by atoms with Crippen LogP contribution in [0.4, 0.5) is 5.13 Å². The number of aromatic nitrogens is 1. The van der Waals surface area contributed by atoms with Crippen molar-refractivity contribution in [3.63, 3.8) is 0 Å². The fourth-order valence-electron chi connectivity index (χ4n) is 1.98. The number of thiazole rings is 1. The van der Waals surface area contributed by atoms with Gasteiger partial charge in [0.25, 0.3) is 0 Å². The van der Waals surface area contributed by atoms with Gasteiger partial charge in [-0.25, -0.2) is 9.98 Å². The molecule has 23 heavy (non-hydrogen) atoms. The van der Waals surface area contributed by atoms with Gasteiger partial charge in [-0.05, 0) is 35.9 Å². The molecule has 0 unspecified atom stereocenters. The SMILES string of the molecule is COc1cc(C=Nc2nc(-c3ccc(Br)cc3)cs2)ccc1O. The van der Waals surface area contributed by atoms with E-state index >= 15 is 0 Å². The lowest BCUT2D eigenvalue weighted by atomic mass is 10.2. The van der Waals surface area contributed by atoms with Gasteiger partial charge in [-0.15, -0.1) is 11.3 Å². The van der Waals surface area contributed by atoms with Gasteiger partial charge in [0.1, 0.15) is 0 Å². The maximum atomic E-state index is 9.59. The second-order valence-corrected chi connectivity index (χ2v) is 6.46. The van der Waals surface area contributed by atoms with Crippen LogP contribution in [0.25, 0.3) is 11.3 Å². The minimum Gasteiger partial charge on any atom is -0.504 e. The zero-order valence-corrected chi connectivity index (χ0v) is 14.6. The van der Waals surface area contributed by atoms with Crippen molar-refractivity contribution in [1.82, 2.24) is 4.98 Å². The number of hydrogen-bond donors (Lipinski definition) is 1. The van der Waals surface area contributed by atoms with Crippen LogP contribution in [-0.2, 0) is 0 Å². The van der Waals surface area contributed by atoms with Crippen molar-refractivity contribution in [2.45, 2.75) is 0 Å². The fourth-order valence-corrected chi connectivity index (χ4v) is 2.92. The van der Waals surface area contributed by atoms with Gasteiger partial charge in [-0.2, -0.15) is 0 Å². The average Bonchev–Trinajstić information content (AvgIpc) is 3.04. The van der Waals surface area contributed by atoms with Gasteiger partial charge in [0.2, 0.25) is 5.13 Å². The molecule has 116 valence electrons. The van der Waals surface area contributed by atoms with E-state index in [-0.39, 0.29) is 5.75 Å². The predicted octanol–water partition coefficient (Wildman–Crippen LogP) is 5.04. The summed E-state index contributed by atoms with van der Waals surface area (Å²) in [5.41, 5.74) is 2.79. The number of hydrogen-bond acceptors (Lipinski definition) is 5. The normalized spacial score (nSPS) is 11.0. The molecule has 0 bridgehead atoms. The molecule has 0 fully saturated rings. The highest BCUT2D eigenvalue weighted by atomic mass is 79.9. The molecule has 3 rings (SSSR count). The standard InChI is InChI=1S/C17H13BrN2O2S/c1-22-16-8-11(2-7-15(16)21)9-19-17-20-14(10-23-17)12-3-5-13(18)6-4-12/h2-10,21H,1H3. The van der Waals surface area contributed by atoms with Crippen molar-refractivity contribution in [3.05, 3.63) is 57.9 Å². The third-order valence-electron chi connectivity index (χ3n) is 3.16. The van der Waals surface area contributed by atoms with Crippen LogP contribution < -0.4 is 4.74 Å². The Kier molecular flexibility index (Phi) is 4.73. The molecule has 1 N–H and O–H groups in total. The van der Waals surface area contributed by atoms with E-state index in [9.17, 15) is 5.11 Å². The van der Waals surface area contributed by atoms with Gasteiger partial charge in [0.15, 0.2) is 11.5 Å².